The van der Waals surface area contributed by atoms with E-state index >= 15 is 0 Å². The molecule has 0 spiro atoms. The molecule has 2 aromatic heterocycles. The number of aromatic nitrogens is 1. The van der Waals surface area contributed by atoms with Gasteiger partial charge in [0, 0.05) is 34.2 Å². The Kier molecular flexibility index (Phi) is 7.64. The minimum atomic E-state index is -0.671. The number of hydrogen-bond donors (Lipinski definition) is 1. The van der Waals surface area contributed by atoms with Crippen LogP contribution < -0.4 is 5.32 Å². The van der Waals surface area contributed by atoms with Gasteiger partial charge in [-0.3, -0.25) is 9.78 Å². The van der Waals surface area contributed by atoms with Gasteiger partial charge in [0.05, 0.1) is 12.1 Å². The molecule has 4 rings (SSSR count). The predicted molar refractivity (Wildman–Crippen MR) is 136 cm³/mol. The lowest BCUT2D eigenvalue weighted by Crippen LogP contribution is -2.21. The number of nitrogens with one attached hydrogen (secondary N) is 1. The Balaban J connectivity index is 1.42. The van der Waals surface area contributed by atoms with Crippen LogP contribution in [0.4, 0.5) is 5.00 Å². The number of benzene rings is 2. The maximum atomic E-state index is 12.6. The predicted octanol–water partition coefficient (Wildman–Crippen LogP) is 5.34. The smallest absolute Gasteiger partial charge is 0.341 e. The third kappa shape index (κ3) is 5.80. The summed E-state index contributed by atoms with van der Waals surface area (Å²) in [6.45, 7) is 1.41. The lowest BCUT2D eigenvalue weighted by Gasteiger charge is -2.09. The van der Waals surface area contributed by atoms with Gasteiger partial charge in [-0.2, -0.15) is 0 Å². The topological polar surface area (TPSA) is 94.6 Å². The molecule has 176 valence electrons. The van der Waals surface area contributed by atoms with Gasteiger partial charge in [0.2, 0.25) is 0 Å². The van der Waals surface area contributed by atoms with Gasteiger partial charge in [-0.05, 0) is 24.6 Å². The van der Waals surface area contributed by atoms with Crippen molar-refractivity contribution < 1.29 is 23.9 Å². The summed E-state index contributed by atoms with van der Waals surface area (Å²) in [6, 6.07) is 18.8. The van der Waals surface area contributed by atoms with Crippen LogP contribution in [0.2, 0.25) is 0 Å². The van der Waals surface area contributed by atoms with Crippen LogP contribution in [-0.4, -0.2) is 36.0 Å². The molecule has 0 aliphatic carbocycles. The number of anilines is 1. The van der Waals surface area contributed by atoms with E-state index in [0.29, 0.717) is 10.6 Å². The first-order chi connectivity index (χ1) is 17.1. The Morgan fingerprint density at radius 1 is 1.00 bits per heavy atom. The highest BCUT2D eigenvalue weighted by Crippen LogP contribution is 2.36. The van der Waals surface area contributed by atoms with Crippen LogP contribution in [0.1, 0.15) is 22.8 Å². The number of esters is 2. The highest BCUT2D eigenvalue weighted by Gasteiger charge is 2.23. The van der Waals surface area contributed by atoms with E-state index in [0.717, 1.165) is 22.0 Å². The van der Waals surface area contributed by atoms with Crippen molar-refractivity contribution in [2.75, 3.05) is 18.5 Å². The molecule has 1 N–H and O–H groups in total. The van der Waals surface area contributed by atoms with E-state index in [4.69, 9.17) is 9.47 Å². The zero-order chi connectivity index (χ0) is 24.6. The van der Waals surface area contributed by atoms with Crippen LogP contribution in [0.3, 0.4) is 0 Å². The third-order valence-corrected chi connectivity index (χ3v) is 5.91. The Morgan fingerprint density at radius 2 is 1.80 bits per heavy atom. The van der Waals surface area contributed by atoms with Gasteiger partial charge in [0.15, 0.2) is 6.61 Å². The molecule has 0 bridgehead atoms. The monoisotopic (exact) mass is 486 g/mol. The number of hydrogen-bond acceptors (Lipinski definition) is 7. The van der Waals surface area contributed by atoms with E-state index < -0.39 is 24.5 Å². The highest BCUT2D eigenvalue weighted by molar-refractivity contribution is 7.15. The van der Waals surface area contributed by atoms with Crippen molar-refractivity contribution in [1.82, 2.24) is 4.98 Å². The maximum absolute atomic E-state index is 12.6. The summed E-state index contributed by atoms with van der Waals surface area (Å²) in [5.41, 5.74) is 3.27. The number of fused-ring (bicyclic) bond motifs is 1. The fourth-order valence-corrected chi connectivity index (χ4v) is 4.43. The first-order valence-electron chi connectivity index (χ1n) is 10.9. The van der Waals surface area contributed by atoms with Crippen molar-refractivity contribution >= 4 is 51.2 Å². The second-order valence-electron chi connectivity index (χ2n) is 7.35. The van der Waals surface area contributed by atoms with Crippen molar-refractivity contribution in [3.05, 3.63) is 89.4 Å². The number of thiophene rings is 1. The van der Waals surface area contributed by atoms with Crippen LogP contribution in [0.5, 0.6) is 0 Å². The van der Waals surface area contributed by atoms with Gasteiger partial charge in [-0.15, -0.1) is 11.3 Å². The molecule has 4 aromatic rings. The standard InChI is InChI=1S/C27H22N2O5S/c1-2-33-27(32)24-21(18-8-4-3-5-9-18)17-35-26(24)29-22(30)16-34-23(31)14-13-20-11-6-10-19-12-7-15-28-25(19)20/h3-15,17H,2,16H2,1H3,(H,29,30)/b14-13+. The molecule has 0 unspecified atom stereocenters. The van der Waals surface area contributed by atoms with Gasteiger partial charge in [-0.25, -0.2) is 9.59 Å². The lowest BCUT2D eigenvalue weighted by molar-refractivity contribution is -0.142. The van der Waals surface area contributed by atoms with Crippen molar-refractivity contribution in [2.45, 2.75) is 6.92 Å². The van der Waals surface area contributed by atoms with Crippen molar-refractivity contribution in [2.24, 2.45) is 0 Å². The van der Waals surface area contributed by atoms with Gasteiger partial charge >= 0.3 is 11.9 Å². The molecule has 7 nitrogen and oxygen atoms in total. The number of nitrogens with zero attached hydrogens (tertiary/aromatic N) is 1. The molecule has 0 atom stereocenters. The zero-order valence-corrected chi connectivity index (χ0v) is 19.7. The molecule has 0 saturated heterocycles. The van der Waals surface area contributed by atoms with E-state index in [-0.39, 0.29) is 12.2 Å². The van der Waals surface area contributed by atoms with Crippen LogP contribution in [0.25, 0.3) is 28.1 Å². The average molecular weight is 487 g/mol. The number of pyridine rings is 1. The second kappa shape index (κ2) is 11.2. The molecule has 2 aromatic carbocycles. The normalized spacial score (nSPS) is 10.9. The average Bonchev–Trinajstić information content (AvgIpc) is 3.30. The number of amides is 1. The van der Waals surface area contributed by atoms with Crippen molar-refractivity contribution in [3.8, 4) is 11.1 Å². The largest absolute Gasteiger partial charge is 0.462 e. The van der Waals surface area contributed by atoms with Crippen LogP contribution in [0, 0.1) is 0 Å². The molecule has 35 heavy (non-hydrogen) atoms. The summed E-state index contributed by atoms with van der Waals surface area (Å²) in [7, 11) is 0. The molecular weight excluding hydrogens is 464 g/mol. The molecule has 0 aliphatic heterocycles. The van der Waals surface area contributed by atoms with Crippen LogP contribution in [0.15, 0.2) is 78.3 Å². The number of carbonyl (C=O) groups excluding carboxylic acids is 3. The minimum Gasteiger partial charge on any atom is -0.462 e. The number of para-hydroxylation sites is 1. The van der Waals surface area contributed by atoms with Crippen molar-refractivity contribution in [3.63, 3.8) is 0 Å². The maximum Gasteiger partial charge on any atom is 0.341 e. The van der Waals surface area contributed by atoms with Gasteiger partial charge in [0.25, 0.3) is 5.91 Å². The molecule has 0 saturated carbocycles. The van der Waals surface area contributed by atoms with Crippen molar-refractivity contribution in [1.29, 1.82) is 0 Å². The first kappa shape index (κ1) is 23.8. The fraction of sp³-hybridized carbons (Fsp3) is 0.111. The summed E-state index contributed by atoms with van der Waals surface area (Å²) >= 11 is 1.20. The lowest BCUT2D eigenvalue weighted by atomic mass is 10.0. The minimum absolute atomic E-state index is 0.201. The molecular formula is C27H22N2O5S. The SMILES string of the molecule is CCOC(=O)c1c(-c2ccccc2)csc1NC(=O)COC(=O)/C=C/c1cccc2cccnc12. The van der Waals surface area contributed by atoms with E-state index in [1.54, 1.807) is 24.6 Å². The van der Waals surface area contributed by atoms with E-state index in [2.05, 4.69) is 10.3 Å². The van der Waals surface area contributed by atoms with Gasteiger partial charge in [-0.1, -0.05) is 54.6 Å². The summed E-state index contributed by atoms with van der Waals surface area (Å²) in [5.74, 6) is -1.77. The quantitative estimate of drug-likeness (QED) is 0.267. The zero-order valence-electron chi connectivity index (χ0n) is 18.9. The Bertz CT molecular complexity index is 1390. The van der Waals surface area contributed by atoms with Crippen LogP contribution >= 0.6 is 11.3 Å². The number of rotatable bonds is 8. The van der Waals surface area contributed by atoms with E-state index in [1.165, 1.54) is 17.4 Å². The van der Waals surface area contributed by atoms with Gasteiger partial charge < -0.3 is 14.8 Å². The van der Waals surface area contributed by atoms with E-state index in [9.17, 15) is 14.4 Å². The molecule has 8 heteroatoms. The van der Waals surface area contributed by atoms with Gasteiger partial charge in [0.1, 0.15) is 10.6 Å². The highest BCUT2D eigenvalue weighted by atomic mass is 32.1. The Morgan fingerprint density at radius 3 is 2.60 bits per heavy atom. The Hall–Kier alpha value is -4.30. The third-order valence-electron chi connectivity index (χ3n) is 5.02. The summed E-state index contributed by atoms with van der Waals surface area (Å²) in [6.07, 6.45) is 4.53. The molecule has 0 radical (unpaired) electrons. The molecule has 2 heterocycles. The summed E-state index contributed by atoms with van der Waals surface area (Å²) < 4.78 is 10.3. The van der Waals surface area contributed by atoms with Crippen LogP contribution in [-0.2, 0) is 19.1 Å². The molecule has 0 fully saturated rings. The summed E-state index contributed by atoms with van der Waals surface area (Å²) in [4.78, 5) is 41.6. The number of ether oxygens (including phenoxy) is 2. The van der Waals surface area contributed by atoms with E-state index in [1.807, 2.05) is 60.7 Å². The molecule has 0 aliphatic rings. The molecule has 1 amide bonds. The fourth-order valence-electron chi connectivity index (χ4n) is 3.45. The summed E-state index contributed by atoms with van der Waals surface area (Å²) in [5, 5.41) is 5.73. The first-order valence-corrected chi connectivity index (χ1v) is 11.8. The second-order valence-corrected chi connectivity index (χ2v) is 8.23. The number of carbonyl (C=O) groups is 3. The Labute approximate surface area is 206 Å².